The van der Waals surface area contributed by atoms with E-state index in [4.69, 9.17) is 6.42 Å². The molecule has 0 unspecified atom stereocenters. The molecular formula is C17H28N4O2. The first-order valence-corrected chi connectivity index (χ1v) is 8.56. The van der Waals surface area contributed by atoms with Crippen LogP contribution in [0.5, 0.6) is 0 Å². The van der Waals surface area contributed by atoms with Crippen molar-refractivity contribution >= 4 is 11.9 Å². The molecule has 2 rings (SSSR count). The zero-order chi connectivity index (χ0) is 16.7. The van der Waals surface area contributed by atoms with E-state index in [0.717, 1.165) is 25.9 Å². The van der Waals surface area contributed by atoms with Crippen LogP contribution >= 0.6 is 0 Å². The van der Waals surface area contributed by atoms with E-state index in [1.807, 2.05) is 0 Å². The number of carbonyl (C=O) groups is 2. The van der Waals surface area contributed by atoms with Crippen molar-refractivity contribution < 1.29 is 9.59 Å². The summed E-state index contributed by atoms with van der Waals surface area (Å²) in [5.74, 6) is 3.21. The normalized spacial score (nSPS) is 25.5. The summed E-state index contributed by atoms with van der Waals surface area (Å²) in [4.78, 5) is 27.8. The minimum absolute atomic E-state index is 0.106. The number of hydrogen-bond donors (Lipinski definition) is 2. The lowest BCUT2D eigenvalue weighted by Crippen LogP contribution is -2.54. The second-order valence-electron chi connectivity index (χ2n) is 6.66. The molecule has 2 atom stereocenters. The lowest BCUT2D eigenvalue weighted by molar-refractivity contribution is -0.123. The second-order valence-corrected chi connectivity index (χ2v) is 6.66. The molecule has 128 valence electrons. The van der Waals surface area contributed by atoms with Gasteiger partial charge in [-0.05, 0) is 18.8 Å². The van der Waals surface area contributed by atoms with E-state index in [1.54, 1.807) is 4.90 Å². The number of piperazine rings is 1. The number of rotatable bonds is 4. The summed E-state index contributed by atoms with van der Waals surface area (Å²) in [5.41, 5.74) is 0. The minimum Gasteiger partial charge on any atom is -0.352 e. The lowest BCUT2D eigenvalue weighted by atomic mass is 9.87. The van der Waals surface area contributed by atoms with Crippen LogP contribution < -0.4 is 10.6 Å². The molecule has 1 aliphatic heterocycles. The number of carbonyl (C=O) groups excluding carboxylic acids is 2. The first-order chi connectivity index (χ1) is 11.1. The molecule has 6 heteroatoms. The Hall–Kier alpha value is -1.74. The molecule has 0 aromatic carbocycles. The molecule has 1 saturated carbocycles. The minimum atomic E-state index is -0.122. The zero-order valence-electron chi connectivity index (χ0n) is 14.0. The van der Waals surface area contributed by atoms with Gasteiger partial charge in [0.1, 0.15) is 0 Å². The van der Waals surface area contributed by atoms with Crippen molar-refractivity contribution in [2.75, 3.05) is 39.3 Å². The van der Waals surface area contributed by atoms with Gasteiger partial charge in [-0.2, -0.15) is 0 Å². The van der Waals surface area contributed by atoms with Crippen LogP contribution in [0.25, 0.3) is 0 Å². The van der Waals surface area contributed by atoms with Crippen LogP contribution in [0.3, 0.4) is 0 Å². The molecule has 0 spiro atoms. The molecule has 0 bridgehead atoms. The molecule has 23 heavy (non-hydrogen) atoms. The number of terminal acetylenes is 1. The first kappa shape index (κ1) is 17.6. The quantitative estimate of drug-likeness (QED) is 0.747. The van der Waals surface area contributed by atoms with Gasteiger partial charge in [-0.25, -0.2) is 4.79 Å². The summed E-state index contributed by atoms with van der Waals surface area (Å²) >= 11 is 0. The van der Waals surface area contributed by atoms with Crippen molar-refractivity contribution in [1.29, 1.82) is 0 Å². The highest BCUT2D eigenvalue weighted by molar-refractivity contribution is 5.78. The summed E-state index contributed by atoms with van der Waals surface area (Å²) < 4.78 is 0. The molecule has 0 aromatic heterocycles. The average Bonchev–Trinajstić information content (AvgIpc) is 2.53. The van der Waals surface area contributed by atoms with Gasteiger partial charge in [0, 0.05) is 32.2 Å². The van der Waals surface area contributed by atoms with Crippen molar-refractivity contribution in [3.8, 4) is 12.3 Å². The molecule has 2 aliphatic rings. The van der Waals surface area contributed by atoms with E-state index in [2.05, 4.69) is 28.4 Å². The molecule has 0 radical (unpaired) electrons. The van der Waals surface area contributed by atoms with Crippen LogP contribution in [0, 0.1) is 18.3 Å². The van der Waals surface area contributed by atoms with Crippen LogP contribution in [-0.4, -0.2) is 67.0 Å². The number of urea groups is 1. The van der Waals surface area contributed by atoms with E-state index in [9.17, 15) is 9.59 Å². The highest BCUT2D eigenvalue weighted by Crippen LogP contribution is 2.23. The van der Waals surface area contributed by atoms with Gasteiger partial charge in [0.05, 0.1) is 13.1 Å². The summed E-state index contributed by atoms with van der Waals surface area (Å²) in [7, 11) is 0. The van der Waals surface area contributed by atoms with E-state index in [0.29, 0.717) is 31.6 Å². The second kappa shape index (κ2) is 8.78. The fourth-order valence-electron chi connectivity index (χ4n) is 3.39. The van der Waals surface area contributed by atoms with Crippen molar-refractivity contribution in [1.82, 2.24) is 20.4 Å². The SMILES string of the molecule is C#CCNC(=O)N1CCN(CC(=O)N[C@@H]2CCC[C@@H](C)C2)CC1. The Balaban J connectivity index is 1.66. The summed E-state index contributed by atoms with van der Waals surface area (Å²) in [6.45, 7) is 5.62. The smallest absolute Gasteiger partial charge is 0.318 e. The van der Waals surface area contributed by atoms with Gasteiger partial charge in [-0.1, -0.05) is 25.7 Å². The van der Waals surface area contributed by atoms with Gasteiger partial charge in [0.15, 0.2) is 0 Å². The fraction of sp³-hybridized carbons (Fsp3) is 0.765. The van der Waals surface area contributed by atoms with Crippen LogP contribution in [0.1, 0.15) is 32.6 Å². The molecule has 2 N–H and O–H groups in total. The van der Waals surface area contributed by atoms with Crippen LogP contribution in [0.15, 0.2) is 0 Å². The lowest BCUT2D eigenvalue weighted by Gasteiger charge is -2.34. The van der Waals surface area contributed by atoms with Gasteiger partial charge in [-0.3, -0.25) is 9.69 Å². The monoisotopic (exact) mass is 320 g/mol. The van der Waals surface area contributed by atoms with Gasteiger partial charge < -0.3 is 15.5 Å². The van der Waals surface area contributed by atoms with E-state index >= 15 is 0 Å². The van der Waals surface area contributed by atoms with Gasteiger partial charge in [0.25, 0.3) is 0 Å². The largest absolute Gasteiger partial charge is 0.352 e. The highest BCUT2D eigenvalue weighted by atomic mass is 16.2. The van der Waals surface area contributed by atoms with Crippen LogP contribution in [0.4, 0.5) is 4.79 Å². The van der Waals surface area contributed by atoms with E-state index in [-0.39, 0.29) is 18.5 Å². The van der Waals surface area contributed by atoms with Crippen molar-refractivity contribution in [2.45, 2.75) is 38.6 Å². The first-order valence-electron chi connectivity index (χ1n) is 8.56. The number of amides is 3. The maximum absolute atomic E-state index is 12.2. The molecule has 0 aromatic rings. The Morgan fingerprint density at radius 1 is 1.22 bits per heavy atom. The fourth-order valence-corrected chi connectivity index (χ4v) is 3.39. The predicted octanol–water partition coefficient (Wildman–Crippen LogP) is 0.642. The van der Waals surface area contributed by atoms with Crippen molar-refractivity contribution in [3.63, 3.8) is 0 Å². The standard InChI is InChI=1S/C17H28N4O2/c1-3-7-18-17(23)21-10-8-20(9-11-21)13-16(22)19-15-6-4-5-14(2)12-15/h1,14-15H,4-13H2,2H3,(H,18,23)(H,19,22)/t14-,15-/m1/s1. The number of nitrogens with zero attached hydrogens (tertiary/aromatic N) is 2. The summed E-state index contributed by atoms with van der Waals surface area (Å²) in [5, 5.41) is 5.83. The van der Waals surface area contributed by atoms with Crippen molar-refractivity contribution in [2.24, 2.45) is 5.92 Å². The van der Waals surface area contributed by atoms with Gasteiger partial charge in [-0.15, -0.1) is 6.42 Å². The molecule has 1 aliphatic carbocycles. The summed E-state index contributed by atoms with van der Waals surface area (Å²) in [6.07, 6.45) is 9.80. The van der Waals surface area contributed by atoms with Gasteiger partial charge in [0.2, 0.25) is 5.91 Å². The third-order valence-corrected chi connectivity index (χ3v) is 4.67. The van der Waals surface area contributed by atoms with Crippen LogP contribution in [0.2, 0.25) is 0 Å². The molecular weight excluding hydrogens is 292 g/mol. The Labute approximate surface area is 139 Å². The third-order valence-electron chi connectivity index (χ3n) is 4.67. The molecule has 1 saturated heterocycles. The number of hydrogen-bond acceptors (Lipinski definition) is 3. The molecule has 2 fully saturated rings. The highest BCUT2D eigenvalue weighted by Gasteiger charge is 2.24. The molecule has 6 nitrogen and oxygen atoms in total. The molecule has 3 amide bonds. The maximum Gasteiger partial charge on any atom is 0.318 e. The van der Waals surface area contributed by atoms with Gasteiger partial charge >= 0.3 is 6.03 Å². The Morgan fingerprint density at radius 2 is 1.96 bits per heavy atom. The average molecular weight is 320 g/mol. The Kier molecular flexibility index (Phi) is 6.72. The zero-order valence-corrected chi connectivity index (χ0v) is 14.0. The van der Waals surface area contributed by atoms with Crippen molar-refractivity contribution in [3.05, 3.63) is 0 Å². The number of nitrogens with one attached hydrogen (secondary N) is 2. The maximum atomic E-state index is 12.2. The van der Waals surface area contributed by atoms with Crippen LogP contribution in [-0.2, 0) is 4.79 Å². The third kappa shape index (κ3) is 5.76. The Bertz CT molecular complexity index is 452. The molecule has 1 heterocycles. The topological polar surface area (TPSA) is 64.7 Å². The van der Waals surface area contributed by atoms with E-state index in [1.165, 1.54) is 12.8 Å². The summed E-state index contributed by atoms with van der Waals surface area (Å²) in [6, 6.07) is 0.213. The van der Waals surface area contributed by atoms with E-state index < -0.39 is 0 Å². The predicted molar refractivity (Wildman–Crippen MR) is 89.8 cm³/mol. The Morgan fingerprint density at radius 3 is 2.61 bits per heavy atom.